The Morgan fingerprint density at radius 3 is 2.85 bits per heavy atom. The molecule has 1 aromatic carbocycles. The number of hydrogen-bond donors (Lipinski definition) is 2. The van der Waals surface area contributed by atoms with E-state index in [1.807, 2.05) is 12.1 Å². The molecule has 1 unspecified atom stereocenters. The van der Waals surface area contributed by atoms with Crippen LogP contribution in [0.25, 0.3) is 0 Å². The van der Waals surface area contributed by atoms with Gasteiger partial charge in [0.15, 0.2) is 6.10 Å². The maximum Gasteiger partial charge on any atom is 0.260 e. The molecule has 3 N–H and O–H groups in total. The second kappa shape index (κ2) is 8.94. The van der Waals surface area contributed by atoms with Crippen molar-refractivity contribution in [2.75, 3.05) is 20.3 Å². The van der Waals surface area contributed by atoms with Crippen molar-refractivity contribution in [3.63, 3.8) is 0 Å². The molecular weight excluding hydrogens is 324 g/mol. The molecule has 0 fully saturated rings. The fourth-order valence-corrected chi connectivity index (χ4v) is 2.10. The summed E-state index contributed by atoms with van der Waals surface area (Å²) in [5.74, 6) is 0.484. The molecule has 0 aliphatic rings. The predicted octanol–water partition coefficient (Wildman–Crippen LogP) is 1.83. The fraction of sp³-hybridized carbons (Fsp3) is 0.500. The standard InChI is InChI=1S/C14H21BrN2O3/c1-10(14(18)17-6-3-7-19-2)20-13-5-4-11(9-16)8-12(13)15/h4-5,8,10H,3,6-7,9,16H2,1-2H3,(H,17,18). The Morgan fingerprint density at radius 2 is 2.25 bits per heavy atom. The monoisotopic (exact) mass is 344 g/mol. The largest absolute Gasteiger partial charge is 0.480 e. The number of nitrogens with two attached hydrogens (primary N) is 1. The molecule has 6 heteroatoms. The van der Waals surface area contributed by atoms with Gasteiger partial charge in [0.1, 0.15) is 5.75 Å². The zero-order valence-corrected chi connectivity index (χ0v) is 13.4. The van der Waals surface area contributed by atoms with Gasteiger partial charge in [-0.25, -0.2) is 0 Å². The SMILES string of the molecule is COCCCNC(=O)C(C)Oc1ccc(CN)cc1Br. The van der Waals surface area contributed by atoms with Crippen molar-refractivity contribution in [2.24, 2.45) is 5.73 Å². The van der Waals surface area contributed by atoms with Gasteiger partial charge in [0, 0.05) is 26.8 Å². The zero-order chi connectivity index (χ0) is 15.0. The molecule has 0 saturated carbocycles. The van der Waals surface area contributed by atoms with E-state index < -0.39 is 6.10 Å². The highest BCUT2D eigenvalue weighted by Gasteiger charge is 2.15. The highest BCUT2D eigenvalue weighted by Crippen LogP contribution is 2.26. The van der Waals surface area contributed by atoms with E-state index in [4.69, 9.17) is 15.2 Å². The van der Waals surface area contributed by atoms with E-state index >= 15 is 0 Å². The Morgan fingerprint density at radius 1 is 1.50 bits per heavy atom. The molecule has 1 rings (SSSR count). The Labute approximate surface area is 127 Å². The first kappa shape index (κ1) is 16.9. The molecular formula is C14H21BrN2O3. The van der Waals surface area contributed by atoms with Crippen molar-refractivity contribution in [3.8, 4) is 5.75 Å². The first-order valence-corrected chi connectivity index (χ1v) is 7.29. The minimum atomic E-state index is -0.558. The summed E-state index contributed by atoms with van der Waals surface area (Å²) in [5.41, 5.74) is 6.56. The first-order valence-electron chi connectivity index (χ1n) is 6.50. The van der Waals surface area contributed by atoms with E-state index in [1.165, 1.54) is 0 Å². The van der Waals surface area contributed by atoms with Gasteiger partial charge in [0.25, 0.3) is 5.91 Å². The molecule has 0 heterocycles. The van der Waals surface area contributed by atoms with Crippen LogP contribution in [0.2, 0.25) is 0 Å². The molecule has 0 spiro atoms. The highest BCUT2D eigenvalue weighted by atomic mass is 79.9. The summed E-state index contributed by atoms with van der Waals surface area (Å²) >= 11 is 3.41. The summed E-state index contributed by atoms with van der Waals surface area (Å²) in [4.78, 5) is 11.8. The van der Waals surface area contributed by atoms with E-state index in [0.29, 0.717) is 25.4 Å². The van der Waals surface area contributed by atoms with Crippen LogP contribution in [0.3, 0.4) is 0 Å². The Kier molecular flexibility index (Phi) is 7.58. The molecule has 1 amide bonds. The molecule has 112 valence electrons. The number of methoxy groups -OCH3 is 1. The van der Waals surface area contributed by atoms with Crippen molar-refractivity contribution < 1.29 is 14.3 Å². The topological polar surface area (TPSA) is 73.6 Å². The average molecular weight is 345 g/mol. The minimum absolute atomic E-state index is 0.143. The minimum Gasteiger partial charge on any atom is -0.480 e. The Balaban J connectivity index is 2.48. The normalized spacial score (nSPS) is 12.0. The Bertz CT molecular complexity index is 440. The van der Waals surface area contributed by atoms with E-state index in [1.54, 1.807) is 20.1 Å². The number of benzene rings is 1. The highest BCUT2D eigenvalue weighted by molar-refractivity contribution is 9.10. The van der Waals surface area contributed by atoms with Crippen molar-refractivity contribution in [1.82, 2.24) is 5.32 Å². The number of halogens is 1. The summed E-state index contributed by atoms with van der Waals surface area (Å²) < 4.78 is 11.3. The van der Waals surface area contributed by atoms with Crippen LogP contribution in [0, 0.1) is 0 Å². The summed E-state index contributed by atoms with van der Waals surface area (Å²) in [5, 5.41) is 2.80. The molecule has 0 saturated heterocycles. The number of carbonyl (C=O) groups excluding carboxylic acids is 1. The smallest absolute Gasteiger partial charge is 0.260 e. The lowest BCUT2D eigenvalue weighted by Crippen LogP contribution is -2.37. The van der Waals surface area contributed by atoms with E-state index in [9.17, 15) is 4.79 Å². The van der Waals surface area contributed by atoms with Crippen LogP contribution < -0.4 is 15.8 Å². The summed E-state index contributed by atoms with van der Waals surface area (Å²) in [6, 6.07) is 5.57. The second-order valence-corrected chi connectivity index (χ2v) is 5.22. The molecule has 1 aromatic rings. The number of amides is 1. The number of nitrogens with one attached hydrogen (secondary N) is 1. The summed E-state index contributed by atoms with van der Waals surface area (Å²) in [6.07, 6.45) is 0.224. The number of carbonyl (C=O) groups is 1. The third-order valence-electron chi connectivity index (χ3n) is 2.73. The molecule has 5 nitrogen and oxygen atoms in total. The number of rotatable bonds is 8. The van der Waals surface area contributed by atoms with Crippen molar-refractivity contribution >= 4 is 21.8 Å². The van der Waals surface area contributed by atoms with Crippen molar-refractivity contribution in [1.29, 1.82) is 0 Å². The average Bonchev–Trinajstić information content (AvgIpc) is 2.45. The maximum atomic E-state index is 11.8. The van der Waals surface area contributed by atoms with Crippen LogP contribution in [-0.2, 0) is 16.1 Å². The molecule has 0 aliphatic carbocycles. The van der Waals surface area contributed by atoms with Crippen LogP contribution in [0.4, 0.5) is 0 Å². The van der Waals surface area contributed by atoms with Gasteiger partial charge in [0.2, 0.25) is 0 Å². The van der Waals surface area contributed by atoms with Crippen LogP contribution in [0.5, 0.6) is 5.75 Å². The van der Waals surface area contributed by atoms with Gasteiger partial charge in [-0.3, -0.25) is 4.79 Å². The van der Waals surface area contributed by atoms with E-state index in [0.717, 1.165) is 16.5 Å². The molecule has 0 radical (unpaired) electrons. The predicted molar refractivity (Wildman–Crippen MR) is 81.6 cm³/mol. The lowest BCUT2D eigenvalue weighted by Gasteiger charge is -2.16. The van der Waals surface area contributed by atoms with E-state index in [-0.39, 0.29) is 5.91 Å². The molecule has 0 bridgehead atoms. The number of ether oxygens (including phenoxy) is 2. The summed E-state index contributed by atoms with van der Waals surface area (Å²) in [6.45, 7) is 3.39. The van der Waals surface area contributed by atoms with Gasteiger partial charge in [-0.15, -0.1) is 0 Å². The third kappa shape index (κ3) is 5.48. The van der Waals surface area contributed by atoms with Crippen molar-refractivity contribution in [2.45, 2.75) is 26.0 Å². The van der Waals surface area contributed by atoms with Crippen molar-refractivity contribution in [3.05, 3.63) is 28.2 Å². The zero-order valence-electron chi connectivity index (χ0n) is 11.8. The molecule has 1 atom stereocenters. The first-order chi connectivity index (χ1) is 9.58. The van der Waals surface area contributed by atoms with Crippen LogP contribution in [-0.4, -0.2) is 32.3 Å². The van der Waals surface area contributed by atoms with Gasteiger partial charge in [-0.05, 0) is 47.0 Å². The third-order valence-corrected chi connectivity index (χ3v) is 3.35. The van der Waals surface area contributed by atoms with Gasteiger partial charge in [-0.1, -0.05) is 6.07 Å². The van der Waals surface area contributed by atoms with Crippen LogP contribution >= 0.6 is 15.9 Å². The second-order valence-electron chi connectivity index (χ2n) is 4.37. The molecule has 0 aliphatic heterocycles. The maximum absolute atomic E-state index is 11.8. The van der Waals surface area contributed by atoms with Gasteiger partial charge < -0.3 is 20.5 Å². The van der Waals surface area contributed by atoms with Gasteiger partial charge in [0.05, 0.1) is 4.47 Å². The van der Waals surface area contributed by atoms with Gasteiger partial charge >= 0.3 is 0 Å². The lowest BCUT2D eigenvalue weighted by molar-refractivity contribution is -0.127. The molecule has 0 aromatic heterocycles. The van der Waals surface area contributed by atoms with Crippen LogP contribution in [0.1, 0.15) is 18.9 Å². The Hall–Kier alpha value is -1.11. The van der Waals surface area contributed by atoms with Gasteiger partial charge in [-0.2, -0.15) is 0 Å². The lowest BCUT2D eigenvalue weighted by atomic mass is 10.2. The number of hydrogen-bond acceptors (Lipinski definition) is 4. The quantitative estimate of drug-likeness (QED) is 0.705. The van der Waals surface area contributed by atoms with Crippen LogP contribution in [0.15, 0.2) is 22.7 Å². The fourth-order valence-electron chi connectivity index (χ4n) is 1.58. The van der Waals surface area contributed by atoms with E-state index in [2.05, 4.69) is 21.2 Å². The molecule has 20 heavy (non-hydrogen) atoms. The summed E-state index contributed by atoms with van der Waals surface area (Å²) in [7, 11) is 1.64.